The van der Waals surface area contributed by atoms with Gasteiger partial charge in [0.1, 0.15) is 22.7 Å². The molecule has 9 heteroatoms. The first kappa shape index (κ1) is 12.4. The SMILES string of the molecule is COc1nn2cc(-c3cc4c(O)cc(Cl)cn4n3)nc2s1. The Bertz CT molecular complexity index is 941. The number of ether oxygens (including phenoxy) is 1. The largest absolute Gasteiger partial charge is 0.506 e. The molecule has 106 valence electrons. The molecule has 0 fully saturated rings. The zero-order valence-electron chi connectivity index (χ0n) is 10.7. The van der Waals surface area contributed by atoms with Gasteiger partial charge in [0.15, 0.2) is 0 Å². The van der Waals surface area contributed by atoms with Gasteiger partial charge in [-0.15, -0.1) is 5.10 Å². The third-order valence-electron chi connectivity index (χ3n) is 2.98. The van der Waals surface area contributed by atoms with Crippen LogP contribution in [0.5, 0.6) is 10.9 Å². The Kier molecular flexibility index (Phi) is 2.57. The molecular weight excluding hydrogens is 314 g/mol. The summed E-state index contributed by atoms with van der Waals surface area (Å²) in [5.41, 5.74) is 1.86. The van der Waals surface area contributed by atoms with Crippen LogP contribution in [0.3, 0.4) is 0 Å². The second-order valence-electron chi connectivity index (χ2n) is 4.33. The van der Waals surface area contributed by atoms with Crippen LogP contribution in [0.25, 0.3) is 21.9 Å². The zero-order valence-corrected chi connectivity index (χ0v) is 12.3. The highest BCUT2D eigenvalue weighted by Crippen LogP contribution is 2.29. The second-order valence-corrected chi connectivity index (χ2v) is 5.68. The fourth-order valence-corrected chi connectivity index (χ4v) is 2.95. The molecule has 4 aromatic rings. The van der Waals surface area contributed by atoms with E-state index in [1.807, 2.05) is 0 Å². The van der Waals surface area contributed by atoms with Gasteiger partial charge in [0.2, 0.25) is 4.96 Å². The van der Waals surface area contributed by atoms with Gasteiger partial charge in [-0.2, -0.15) is 5.10 Å². The van der Waals surface area contributed by atoms with Gasteiger partial charge >= 0.3 is 0 Å². The van der Waals surface area contributed by atoms with Gasteiger partial charge in [-0.1, -0.05) is 11.6 Å². The van der Waals surface area contributed by atoms with E-state index in [1.165, 1.54) is 21.9 Å². The van der Waals surface area contributed by atoms with Crippen LogP contribution in [0.15, 0.2) is 24.5 Å². The van der Waals surface area contributed by atoms with Gasteiger partial charge in [0.25, 0.3) is 5.19 Å². The van der Waals surface area contributed by atoms with Crippen molar-refractivity contribution < 1.29 is 9.84 Å². The summed E-state index contributed by atoms with van der Waals surface area (Å²) in [4.78, 5) is 5.16. The Hall–Kier alpha value is -2.32. The Labute approximate surface area is 127 Å². The number of hydrogen-bond acceptors (Lipinski definition) is 6. The van der Waals surface area contributed by atoms with Crippen molar-refractivity contribution in [2.45, 2.75) is 0 Å². The number of halogens is 1. The molecule has 21 heavy (non-hydrogen) atoms. The van der Waals surface area contributed by atoms with Gasteiger partial charge in [-0.25, -0.2) is 14.0 Å². The zero-order chi connectivity index (χ0) is 14.6. The minimum Gasteiger partial charge on any atom is -0.506 e. The lowest BCUT2D eigenvalue weighted by Gasteiger charge is -1.96. The molecule has 0 amide bonds. The number of nitrogens with zero attached hydrogens (tertiary/aromatic N) is 5. The van der Waals surface area contributed by atoms with Crippen molar-refractivity contribution in [3.05, 3.63) is 29.5 Å². The summed E-state index contributed by atoms with van der Waals surface area (Å²) in [6, 6.07) is 3.22. The van der Waals surface area contributed by atoms with Gasteiger partial charge in [0, 0.05) is 12.3 Å². The van der Waals surface area contributed by atoms with Crippen LogP contribution < -0.4 is 4.74 Å². The first-order chi connectivity index (χ1) is 10.1. The molecule has 0 unspecified atom stereocenters. The van der Waals surface area contributed by atoms with Crippen molar-refractivity contribution in [1.82, 2.24) is 24.2 Å². The van der Waals surface area contributed by atoms with E-state index >= 15 is 0 Å². The number of aromatic hydroxyl groups is 1. The molecule has 0 atom stereocenters. The third-order valence-corrected chi connectivity index (χ3v) is 4.07. The predicted octanol–water partition coefficient (Wildman–Crippen LogP) is 2.47. The highest BCUT2D eigenvalue weighted by molar-refractivity contribution is 7.18. The summed E-state index contributed by atoms with van der Waals surface area (Å²) < 4.78 is 8.22. The standard InChI is InChI=1S/C12H8ClN5O2S/c1-20-12-16-18-5-8(14-11(18)21-12)7-3-9-10(19)2-6(13)4-17(9)15-7/h2-5,19H,1H3. The molecule has 0 saturated heterocycles. The van der Waals surface area contributed by atoms with Crippen molar-refractivity contribution in [3.63, 3.8) is 0 Å². The first-order valence-electron chi connectivity index (χ1n) is 5.92. The van der Waals surface area contributed by atoms with E-state index in [-0.39, 0.29) is 5.75 Å². The first-order valence-corrected chi connectivity index (χ1v) is 7.12. The maximum Gasteiger partial charge on any atom is 0.294 e. The molecule has 0 saturated carbocycles. The lowest BCUT2D eigenvalue weighted by Crippen LogP contribution is -1.87. The van der Waals surface area contributed by atoms with E-state index in [9.17, 15) is 5.11 Å². The van der Waals surface area contributed by atoms with Crippen molar-refractivity contribution in [2.24, 2.45) is 0 Å². The lowest BCUT2D eigenvalue weighted by atomic mass is 10.3. The topological polar surface area (TPSA) is 77.0 Å². The van der Waals surface area contributed by atoms with Gasteiger partial charge in [0.05, 0.1) is 18.3 Å². The van der Waals surface area contributed by atoms with Crippen molar-refractivity contribution in [3.8, 4) is 22.3 Å². The second kappa shape index (κ2) is 4.34. The maximum atomic E-state index is 9.88. The summed E-state index contributed by atoms with van der Waals surface area (Å²) in [5.74, 6) is 0.0714. The van der Waals surface area contributed by atoms with Gasteiger partial charge < -0.3 is 9.84 Å². The number of methoxy groups -OCH3 is 1. The average molecular weight is 322 g/mol. The van der Waals surface area contributed by atoms with Gasteiger partial charge in [-0.05, 0) is 17.4 Å². The molecule has 1 N–H and O–H groups in total. The van der Waals surface area contributed by atoms with Crippen LogP contribution in [0.2, 0.25) is 5.02 Å². The summed E-state index contributed by atoms with van der Waals surface area (Å²) in [6.07, 6.45) is 3.38. The maximum absolute atomic E-state index is 9.88. The smallest absolute Gasteiger partial charge is 0.294 e. The summed E-state index contributed by atoms with van der Waals surface area (Å²) in [7, 11) is 1.56. The van der Waals surface area contributed by atoms with Crippen LogP contribution in [0.1, 0.15) is 0 Å². The monoisotopic (exact) mass is 321 g/mol. The Morgan fingerprint density at radius 3 is 2.81 bits per heavy atom. The van der Waals surface area contributed by atoms with E-state index in [4.69, 9.17) is 16.3 Å². The van der Waals surface area contributed by atoms with Crippen molar-refractivity contribution in [2.75, 3.05) is 7.11 Å². The molecule has 4 rings (SSSR count). The quantitative estimate of drug-likeness (QED) is 0.613. The van der Waals surface area contributed by atoms with Gasteiger partial charge in [-0.3, -0.25) is 0 Å². The lowest BCUT2D eigenvalue weighted by molar-refractivity contribution is 0.405. The number of pyridine rings is 1. The fourth-order valence-electron chi connectivity index (χ4n) is 2.06. The van der Waals surface area contributed by atoms with Crippen LogP contribution in [0, 0.1) is 0 Å². The average Bonchev–Trinajstić information content (AvgIpc) is 3.08. The number of imidazole rings is 1. The fraction of sp³-hybridized carbons (Fsp3) is 0.0833. The number of fused-ring (bicyclic) bond motifs is 2. The molecule has 4 aromatic heterocycles. The Morgan fingerprint density at radius 1 is 1.19 bits per heavy atom. The Morgan fingerprint density at radius 2 is 2.05 bits per heavy atom. The number of rotatable bonds is 2. The predicted molar refractivity (Wildman–Crippen MR) is 78.3 cm³/mol. The molecule has 0 bridgehead atoms. The molecule has 0 aliphatic heterocycles. The molecule has 0 spiro atoms. The molecule has 7 nitrogen and oxygen atoms in total. The summed E-state index contributed by atoms with van der Waals surface area (Å²) in [5, 5.41) is 19.4. The minimum absolute atomic E-state index is 0.0714. The molecular formula is C12H8ClN5O2S. The third kappa shape index (κ3) is 1.91. The number of aromatic nitrogens is 5. The van der Waals surface area contributed by atoms with E-state index < -0.39 is 0 Å². The number of hydrogen-bond donors (Lipinski definition) is 1. The molecule has 0 radical (unpaired) electrons. The molecule has 0 aliphatic carbocycles. The van der Waals surface area contributed by atoms with Crippen LogP contribution in [0.4, 0.5) is 0 Å². The summed E-state index contributed by atoms with van der Waals surface area (Å²) >= 11 is 7.24. The molecule has 4 heterocycles. The van der Waals surface area contributed by atoms with Crippen LogP contribution in [-0.4, -0.2) is 36.4 Å². The highest BCUT2D eigenvalue weighted by Gasteiger charge is 2.14. The Balaban J connectivity index is 1.87. The van der Waals surface area contributed by atoms with Crippen molar-refractivity contribution >= 4 is 33.4 Å². The molecule has 0 aromatic carbocycles. The normalized spacial score (nSPS) is 11.5. The highest BCUT2D eigenvalue weighted by atomic mass is 35.5. The van der Waals surface area contributed by atoms with E-state index in [1.54, 1.807) is 30.1 Å². The summed E-state index contributed by atoms with van der Waals surface area (Å²) in [6.45, 7) is 0. The van der Waals surface area contributed by atoms with E-state index in [2.05, 4.69) is 15.2 Å². The minimum atomic E-state index is 0.0714. The van der Waals surface area contributed by atoms with Crippen molar-refractivity contribution in [1.29, 1.82) is 0 Å². The van der Waals surface area contributed by atoms with E-state index in [0.717, 1.165) is 0 Å². The van der Waals surface area contributed by atoms with E-state index in [0.29, 0.717) is 32.1 Å². The molecule has 0 aliphatic rings. The van der Waals surface area contributed by atoms with Crippen LogP contribution in [-0.2, 0) is 0 Å². The van der Waals surface area contributed by atoms with Crippen LogP contribution >= 0.6 is 22.9 Å².